The molecule has 1 aliphatic rings. The van der Waals surface area contributed by atoms with Gasteiger partial charge in [0, 0.05) is 17.7 Å². The summed E-state index contributed by atoms with van der Waals surface area (Å²) in [6.07, 6.45) is 3.92. The molecule has 0 radical (unpaired) electrons. The molecule has 0 aliphatic carbocycles. The van der Waals surface area contributed by atoms with E-state index in [0.29, 0.717) is 24.9 Å². The van der Waals surface area contributed by atoms with Crippen molar-refractivity contribution in [2.45, 2.75) is 19.4 Å². The van der Waals surface area contributed by atoms with Crippen LogP contribution in [0.25, 0.3) is 22.5 Å². The second-order valence-electron chi connectivity index (χ2n) is 7.36. The lowest BCUT2D eigenvalue weighted by Gasteiger charge is -2.22. The first kappa shape index (κ1) is 19.4. The van der Waals surface area contributed by atoms with Crippen LogP contribution in [-0.2, 0) is 6.54 Å². The van der Waals surface area contributed by atoms with E-state index in [4.69, 9.17) is 15.5 Å². The highest BCUT2D eigenvalue weighted by molar-refractivity contribution is 5.78. The van der Waals surface area contributed by atoms with Crippen LogP contribution in [0.15, 0.2) is 54.7 Å². The number of hydrogen-bond acceptors (Lipinski definition) is 6. The molecule has 4 rings (SSSR count). The van der Waals surface area contributed by atoms with E-state index in [0.717, 1.165) is 54.0 Å². The van der Waals surface area contributed by atoms with E-state index < -0.39 is 0 Å². The minimum atomic E-state index is 0.220. The van der Waals surface area contributed by atoms with Crippen molar-refractivity contribution in [3.63, 3.8) is 0 Å². The van der Waals surface area contributed by atoms with E-state index in [1.807, 2.05) is 36.4 Å². The van der Waals surface area contributed by atoms with Gasteiger partial charge in [-0.2, -0.15) is 0 Å². The van der Waals surface area contributed by atoms with E-state index in [1.54, 1.807) is 18.3 Å². The summed E-state index contributed by atoms with van der Waals surface area (Å²) in [4.78, 5) is 9.44. The van der Waals surface area contributed by atoms with Gasteiger partial charge in [0.15, 0.2) is 0 Å². The van der Waals surface area contributed by atoms with Gasteiger partial charge in [0.2, 0.25) is 5.88 Å². The van der Waals surface area contributed by atoms with Crippen LogP contribution < -0.4 is 15.8 Å². The zero-order valence-electron chi connectivity index (χ0n) is 16.3. The summed E-state index contributed by atoms with van der Waals surface area (Å²) in [6, 6.07) is 15.0. The van der Waals surface area contributed by atoms with Crippen LogP contribution in [0.4, 0.5) is 0 Å². The molecule has 1 aliphatic heterocycles. The molecule has 0 spiro atoms. The fraction of sp³-hybridized carbons (Fsp3) is 0.304. The summed E-state index contributed by atoms with van der Waals surface area (Å²) < 4.78 is 6.00. The Balaban J connectivity index is 1.65. The second-order valence-corrected chi connectivity index (χ2v) is 7.36. The number of piperidine rings is 1. The Bertz CT molecular complexity index is 936. The third-order valence-corrected chi connectivity index (χ3v) is 5.28. The van der Waals surface area contributed by atoms with Crippen LogP contribution >= 0.6 is 0 Å². The zero-order valence-corrected chi connectivity index (χ0v) is 16.3. The minimum Gasteiger partial charge on any atom is -0.508 e. The number of nitrogens with zero attached hydrogens (tertiary/aromatic N) is 2. The molecule has 0 saturated carbocycles. The molecule has 0 atom stereocenters. The third kappa shape index (κ3) is 4.72. The van der Waals surface area contributed by atoms with Crippen LogP contribution in [0.1, 0.15) is 18.4 Å². The molecule has 150 valence electrons. The molecule has 0 amide bonds. The van der Waals surface area contributed by atoms with E-state index >= 15 is 0 Å². The number of ether oxygens (including phenoxy) is 1. The predicted octanol–water partition coefficient (Wildman–Crippen LogP) is 3.35. The first-order valence-electron chi connectivity index (χ1n) is 10.0. The van der Waals surface area contributed by atoms with Crippen molar-refractivity contribution in [3.8, 4) is 34.1 Å². The number of aromatic nitrogens is 2. The van der Waals surface area contributed by atoms with E-state index in [-0.39, 0.29) is 5.75 Å². The molecular formula is C23H26N4O2. The molecule has 1 aromatic heterocycles. The van der Waals surface area contributed by atoms with Crippen molar-refractivity contribution >= 4 is 0 Å². The summed E-state index contributed by atoms with van der Waals surface area (Å²) in [5, 5.41) is 13.0. The van der Waals surface area contributed by atoms with Gasteiger partial charge in [0.25, 0.3) is 0 Å². The molecular weight excluding hydrogens is 364 g/mol. The third-order valence-electron chi connectivity index (χ3n) is 5.28. The Morgan fingerprint density at radius 1 is 0.966 bits per heavy atom. The predicted molar refractivity (Wildman–Crippen MR) is 114 cm³/mol. The normalized spacial score (nSPS) is 14.7. The van der Waals surface area contributed by atoms with Crippen molar-refractivity contribution in [1.82, 2.24) is 15.3 Å². The Hall–Kier alpha value is -2.96. The van der Waals surface area contributed by atoms with Crippen LogP contribution in [0.3, 0.4) is 0 Å². The summed E-state index contributed by atoms with van der Waals surface area (Å²) >= 11 is 0. The number of phenolic OH excluding ortho intramolecular Hbond substituents is 1. The van der Waals surface area contributed by atoms with Crippen LogP contribution in [0.5, 0.6) is 11.6 Å². The molecule has 6 heteroatoms. The average molecular weight is 390 g/mol. The molecule has 2 heterocycles. The van der Waals surface area contributed by atoms with Gasteiger partial charge in [0.1, 0.15) is 11.4 Å². The van der Waals surface area contributed by atoms with Gasteiger partial charge in [-0.3, -0.25) is 0 Å². The lowest BCUT2D eigenvalue weighted by molar-refractivity contribution is 0.208. The fourth-order valence-corrected chi connectivity index (χ4v) is 3.52. The van der Waals surface area contributed by atoms with Crippen molar-refractivity contribution < 1.29 is 9.84 Å². The minimum absolute atomic E-state index is 0.220. The smallest absolute Gasteiger partial charge is 0.232 e. The maximum atomic E-state index is 9.61. The molecule has 4 N–H and O–H groups in total. The molecule has 2 aromatic carbocycles. The van der Waals surface area contributed by atoms with Crippen molar-refractivity contribution in [3.05, 3.63) is 60.3 Å². The Morgan fingerprint density at radius 3 is 2.31 bits per heavy atom. The molecule has 1 saturated heterocycles. The van der Waals surface area contributed by atoms with Gasteiger partial charge in [-0.1, -0.05) is 24.3 Å². The monoisotopic (exact) mass is 390 g/mol. The Kier molecular flexibility index (Phi) is 6.03. The van der Waals surface area contributed by atoms with Gasteiger partial charge < -0.3 is 20.9 Å². The number of hydrogen-bond donors (Lipinski definition) is 3. The quantitative estimate of drug-likeness (QED) is 0.598. The fourth-order valence-electron chi connectivity index (χ4n) is 3.52. The SMILES string of the molecule is NCc1ccc(-c2nc(OCC3CCNCC3)cnc2-c2ccc(O)cc2)cc1. The molecule has 6 nitrogen and oxygen atoms in total. The average Bonchev–Trinajstić information content (AvgIpc) is 2.79. The van der Waals surface area contributed by atoms with E-state index in [1.165, 1.54) is 0 Å². The number of benzene rings is 2. The van der Waals surface area contributed by atoms with Crippen molar-refractivity contribution in [1.29, 1.82) is 0 Å². The van der Waals surface area contributed by atoms with E-state index in [2.05, 4.69) is 10.3 Å². The zero-order chi connectivity index (χ0) is 20.1. The highest BCUT2D eigenvalue weighted by Crippen LogP contribution is 2.31. The number of rotatable bonds is 6. The summed E-state index contributed by atoms with van der Waals surface area (Å²) in [5.74, 6) is 1.29. The highest BCUT2D eigenvalue weighted by Gasteiger charge is 2.16. The standard InChI is InChI=1S/C23H26N4O2/c24-13-16-1-3-19(4-2-16)23-22(18-5-7-20(28)8-6-18)26-14-21(27-23)29-15-17-9-11-25-12-10-17/h1-8,14,17,25,28H,9-13,15,24H2. The highest BCUT2D eigenvalue weighted by atomic mass is 16.5. The molecule has 3 aromatic rings. The van der Waals surface area contributed by atoms with Gasteiger partial charge in [0.05, 0.1) is 18.5 Å². The lowest BCUT2D eigenvalue weighted by atomic mass is 9.99. The van der Waals surface area contributed by atoms with E-state index in [9.17, 15) is 5.11 Å². The van der Waals surface area contributed by atoms with Gasteiger partial charge in [-0.25, -0.2) is 9.97 Å². The number of aromatic hydroxyl groups is 1. The summed E-state index contributed by atoms with van der Waals surface area (Å²) in [7, 11) is 0. The van der Waals surface area contributed by atoms with Gasteiger partial charge in [-0.05, 0) is 61.7 Å². The van der Waals surface area contributed by atoms with Gasteiger partial charge in [-0.15, -0.1) is 0 Å². The molecule has 0 unspecified atom stereocenters. The van der Waals surface area contributed by atoms with Crippen molar-refractivity contribution in [2.75, 3.05) is 19.7 Å². The second kappa shape index (κ2) is 9.03. The maximum absolute atomic E-state index is 9.61. The largest absolute Gasteiger partial charge is 0.508 e. The first-order valence-corrected chi connectivity index (χ1v) is 10.0. The molecule has 0 bridgehead atoms. The number of nitrogens with two attached hydrogens (primary N) is 1. The van der Waals surface area contributed by atoms with Gasteiger partial charge >= 0.3 is 0 Å². The number of nitrogens with one attached hydrogen (secondary N) is 1. The summed E-state index contributed by atoms with van der Waals surface area (Å²) in [6.45, 7) is 3.23. The van der Waals surface area contributed by atoms with Crippen LogP contribution in [-0.4, -0.2) is 34.8 Å². The molecule has 1 fully saturated rings. The maximum Gasteiger partial charge on any atom is 0.232 e. The van der Waals surface area contributed by atoms with Crippen LogP contribution in [0.2, 0.25) is 0 Å². The van der Waals surface area contributed by atoms with Crippen molar-refractivity contribution in [2.24, 2.45) is 11.7 Å². The topological polar surface area (TPSA) is 93.3 Å². The van der Waals surface area contributed by atoms with Crippen LogP contribution in [0, 0.1) is 5.92 Å². The lowest BCUT2D eigenvalue weighted by Crippen LogP contribution is -2.30. The molecule has 29 heavy (non-hydrogen) atoms. The first-order chi connectivity index (χ1) is 14.2. The Labute approximate surface area is 170 Å². The summed E-state index contributed by atoms with van der Waals surface area (Å²) in [5.41, 5.74) is 10.1. The number of phenols is 1. The Morgan fingerprint density at radius 2 is 1.62 bits per heavy atom.